The third-order valence-corrected chi connectivity index (χ3v) is 3.67. The lowest BCUT2D eigenvalue weighted by molar-refractivity contribution is 0.116. The summed E-state index contributed by atoms with van der Waals surface area (Å²) in [6, 6.07) is 3.50. The second kappa shape index (κ2) is 5.28. The molecule has 0 amide bonds. The van der Waals surface area contributed by atoms with Crippen molar-refractivity contribution in [2.45, 2.75) is 37.7 Å². The molecule has 0 aliphatic heterocycles. The quantitative estimate of drug-likeness (QED) is 0.918. The molecule has 0 spiro atoms. The zero-order chi connectivity index (χ0) is 14.1. The van der Waals surface area contributed by atoms with Gasteiger partial charge >= 0.3 is 0 Å². The summed E-state index contributed by atoms with van der Waals surface area (Å²) in [6.45, 7) is 0. The highest BCUT2D eigenvalue weighted by Gasteiger charge is 2.25. The summed E-state index contributed by atoms with van der Waals surface area (Å²) < 4.78 is 31.3. The smallest absolute Gasteiger partial charge is 0.230 e. The summed E-state index contributed by atoms with van der Waals surface area (Å²) in [5, 5.41) is 13.3. The third-order valence-electron chi connectivity index (χ3n) is 3.67. The second-order valence-corrected chi connectivity index (χ2v) is 5.09. The van der Waals surface area contributed by atoms with E-state index >= 15 is 0 Å². The fraction of sp³-hybridized carbons (Fsp3) is 0.429. The number of nitrogens with zero attached hydrogens (tertiary/aromatic N) is 2. The van der Waals surface area contributed by atoms with Gasteiger partial charge in [0.2, 0.25) is 11.7 Å². The van der Waals surface area contributed by atoms with E-state index in [9.17, 15) is 13.9 Å². The van der Waals surface area contributed by atoms with E-state index in [2.05, 4.69) is 10.1 Å². The Bertz CT molecular complexity index is 607. The minimum atomic E-state index is -0.936. The van der Waals surface area contributed by atoms with Gasteiger partial charge < -0.3 is 9.63 Å². The maximum absolute atomic E-state index is 13.2. The van der Waals surface area contributed by atoms with Crippen molar-refractivity contribution in [3.8, 4) is 11.4 Å². The van der Waals surface area contributed by atoms with Crippen LogP contribution in [0.5, 0.6) is 0 Å². The summed E-state index contributed by atoms with van der Waals surface area (Å²) in [7, 11) is 0. The Morgan fingerprint density at radius 1 is 1.10 bits per heavy atom. The maximum Gasteiger partial charge on any atom is 0.230 e. The van der Waals surface area contributed by atoms with E-state index in [4.69, 9.17) is 4.52 Å². The lowest BCUT2D eigenvalue weighted by atomic mass is 9.87. The van der Waals surface area contributed by atoms with E-state index in [0.29, 0.717) is 24.3 Å². The molecule has 0 unspecified atom stereocenters. The number of aliphatic hydroxyl groups excluding tert-OH is 1. The molecule has 3 rings (SSSR count). The fourth-order valence-corrected chi connectivity index (χ4v) is 2.48. The summed E-state index contributed by atoms with van der Waals surface area (Å²) in [4.78, 5) is 4.25. The van der Waals surface area contributed by atoms with E-state index in [-0.39, 0.29) is 17.8 Å². The molecule has 1 heterocycles. The largest absolute Gasteiger partial charge is 0.393 e. The summed E-state index contributed by atoms with van der Waals surface area (Å²) in [5.41, 5.74) is 0.384. The van der Waals surface area contributed by atoms with Gasteiger partial charge in [-0.1, -0.05) is 5.16 Å². The fourth-order valence-electron chi connectivity index (χ4n) is 2.48. The van der Waals surface area contributed by atoms with Crippen molar-refractivity contribution in [2.75, 3.05) is 0 Å². The number of aromatic nitrogens is 2. The number of hydrogen-bond acceptors (Lipinski definition) is 4. The topological polar surface area (TPSA) is 59.2 Å². The Kier molecular flexibility index (Phi) is 3.48. The second-order valence-electron chi connectivity index (χ2n) is 5.09. The van der Waals surface area contributed by atoms with E-state index in [1.807, 2.05) is 0 Å². The molecule has 20 heavy (non-hydrogen) atoms. The monoisotopic (exact) mass is 280 g/mol. The van der Waals surface area contributed by atoms with Crippen molar-refractivity contribution >= 4 is 0 Å². The van der Waals surface area contributed by atoms with E-state index in [1.54, 1.807) is 0 Å². The van der Waals surface area contributed by atoms with Gasteiger partial charge in [-0.15, -0.1) is 0 Å². The molecular weight excluding hydrogens is 266 g/mol. The van der Waals surface area contributed by atoms with Crippen molar-refractivity contribution in [2.24, 2.45) is 0 Å². The van der Waals surface area contributed by atoms with Crippen LogP contribution in [0.1, 0.15) is 37.5 Å². The van der Waals surface area contributed by atoms with Crippen molar-refractivity contribution in [1.82, 2.24) is 10.1 Å². The predicted octanol–water partition coefficient (Wildman–Crippen LogP) is 3.03. The minimum Gasteiger partial charge on any atom is -0.393 e. The lowest BCUT2D eigenvalue weighted by Gasteiger charge is -2.22. The van der Waals surface area contributed by atoms with Crippen LogP contribution in [0.4, 0.5) is 8.78 Å². The highest BCUT2D eigenvalue weighted by molar-refractivity contribution is 5.54. The Hall–Kier alpha value is -1.82. The maximum atomic E-state index is 13.2. The van der Waals surface area contributed by atoms with Gasteiger partial charge in [0.25, 0.3) is 0 Å². The van der Waals surface area contributed by atoms with Gasteiger partial charge in [0.1, 0.15) is 0 Å². The van der Waals surface area contributed by atoms with Gasteiger partial charge in [-0.25, -0.2) is 8.78 Å². The van der Waals surface area contributed by atoms with Crippen molar-refractivity contribution in [3.63, 3.8) is 0 Å². The summed E-state index contributed by atoms with van der Waals surface area (Å²) in [5.74, 6) is -0.958. The van der Waals surface area contributed by atoms with Crippen LogP contribution >= 0.6 is 0 Å². The molecular formula is C14H14F2N2O2. The molecule has 106 valence electrons. The first-order chi connectivity index (χ1) is 9.63. The Labute approximate surface area is 114 Å². The first-order valence-electron chi connectivity index (χ1n) is 6.60. The highest BCUT2D eigenvalue weighted by Crippen LogP contribution is 2.32. The van der Waals surface area contributed by atoms with Gasteiger partial charge in [-0.2, -0.15) is 4.98 Å². The zero-order valence-electron chi connectivity index (χ0n) is 10.7. The first-order valence-corrected chi connectivity index (χ1v) is 6.60. The molecule has 0 radical (unpaired) electrons. The molecule has 1 saturated carbocycles. The normalized spacial score (nSPS) is 22.9. The van der Waals surface area contributed by atoms with Crippen LogP contribution in [0, 0.1) is 11.6 Å². The molecule has 6 heteroatoms. The Morgan fingerprint density at radius 2 is 1.85 bits per heavy atom. The highest BCUT2D eigenvalue weighted by atomic mass is 19.2. The molecule has 0 bridgehead atoms. The molecule has 1 aromatic carbocycles. The molecule has 1 aliphatic rings. The average Bonchev–Trinajstić information content (AvgIpc) is 2.92. The van der Waals surface area contributed by atoms with E-state index < -0.39 is 11.6 Å². The molecule has 2 aromatic rings. The van der Waals surface area contributed by atoms with Crippen molar-refractivity contribution in [3.05, 3.63) is 35.7 Å². The minimum absolute atomic E-state index is 0.130. The van der Waals surface area contributed by atoms with Crippen LogP contribution < -0.4 is 0 Å². The van der Waals surface area contributed by atoms with Crippen molar-refractivity contribution in [1.29, 1.82) is 0 Å². The Balaban J connectivity index is 1.81. The van der Waals surface area contributed by atoms with Crippen LogP contribution in [-0.2, 0) is 0 Å². The first kappa shape index (κ1) is 13.2. The third kappa shape index (κ3) is 2.56. The molecule has 1 aromatic heterocycles. The SMILES string of the molecule is OC1CCC(c2nc(-c3ccc(F)c(F)c3)no2)CC1. The van der Waals surface area contributed by atoms with Gasteiger partial charge in [-0.3, -0.25) is 0 Å². The van der Waals surface area contributed by atoms with Crippen LogP contribution in [0.15, 0.2) is 22.7 Å². The molecule has 0 atom stereocenters. The average molecular weight is 280 g/mol. The van der Waals surface area contributed by atoms with Crippen LogP contribution in [0.25, 0.3) is 11.4 Å². The number of benzene rings is 1. The molecule has 4 nitrogen and oxygen atoms in total. The number of halogens is 2. The summed E-state index contributed by atoms with van der Waals surface area (Å²) >= 11 is 0. The Morgan fingerprint density at radius 3 is 2.55 bits per heavy atom. The number of hydrogen-bond donors (Lipinski definition) is 1. The zero-order valence-corrected chi connectivity index (χ0v) is 10.7. The molecule has 0 saturated heterocycles. The number of aliphatic hydroxyl groups is 1. The van der Waals surface area contributed by atoms with Gasteiger partial charge in [0.15, 0.2) is 11.6 Å². The van der Waals surface area contributed by atoms with Crippen LogP contribution in [0.2, 0.25) is 0 Å². The summed E-state index contributed by atoms with van der Waals surface area (Å²) in [6.07, 6.45) is 2.77. The van der Waals surface area contributed by atoms with E-state index in [0.717, 1.165) is 25.0 Å². The molecule has 1 N–H and O–H groups in total. The van der Waals surface area contributed by atoms with Gasteiger partial charge in [-0.05, 0) is 43.9 Å². The van der Waals surface area contributed by atoms with Crippen LogP contribution in [-0.4, -0.2) is 21.4 Å². The molecule has 1 fully saturated rings. The molecule has 1 aliphatic carbocycles. The van der Waals surface area contributed by atoms with Crippen LogP contribution in [0.3, 0.4) is 0 Å². The van der Waals surface area contributed by atoms with Gasteiger partial charge in [0, 0.05) is 11.5 Å². The van der Waals surface area contributed by atoms with Crippen molar-refractivity contribution < 1.29 is 18.4 Å². The predicted molar refractivity (Wildman–Crippen MR) is 66.9 cm³/mol. The number of rotatable bonds is 2. The lowest BCUT2D eigenvalue weighted by Crippen LogP contribution is -2.17. The standard InChI is InChI=1S/C14H14F2N2O2/c15-11-6-3-9(7-12(11)16)13-17-14(20-18-13)8-1-4-10(19)5-2-8/h3,6-8,10,19H,1-2,4-5H2. The van der Waals surface area contributed by atoms with E-state index in [1.165, 1.54) is 6.07 Å². The van der Waals surface area contributed by atoms with Gasteiger partial charge in [0.05, 0.1) is 6.10 Å².